The third-order valence-electron chi connectivity index (χ3n) is 5.98. The van der Waals surface area contributed by atoms with E-state index in [4.69, 9.17) is 25.8 Å². The van der Waals surface area contributed by atoms with Gasteiger partial charge in [0.2, 0.25) is 5.91 Å². The van der Waals surface area contributed by atoms with Crippen molar-refractivity contribution in [2.45, 2.75) is 19.3 Å². The van der Waals surface area contributed by atoms with Gasteiger partial charge in [0.15, 0.2) is 11.5 Å². The Labute approximate surface area is 202 Å². The molecular weight excluding hydrogens is 462 g/mol. The quantitative estimate of drug-likeness (QED) is 0.596. The van der Waals surface area contributed by atoms with Crippen LogP contribution in [0.2, 0.25) is 5.02 Å². The topological polar surface area (TPSA) is 75.0 Å². The van der Waals surface area contributed by atoms with Crippen LogP contribution < -0.4 is 19.1 Å². The molecule has 0 radical (unpaired) electrons. The molecule has 0 unspecified atom stereocenters. The fourth-order valence-electron chi connectivity index (χ4n) is 4.24. The predicted molar refractivity (Wildman–Crippen MR) is 129 cm³/mol. The van der Waals surface area contributed by atoms with Crippen molar-refractivity contribution in [3.8, 4) is 23.3 Å². The first kappa shape index (κ1) is 23.1. The second kappa shape index (κ2) is 9.46. The van der Waals surface area contributed by atoms with Crippen LogP contribution in [0.5, 0.6) is 17.2 Å². The third kappa shape index (κ3) is 4.07. The number of methoxy groups -OCH3 is 3. The van der Waals surface area contributed by atoms with Crippen LogP contribution in [-0.2, 0) is 4.79 Å². The number of carbonyl (C=O) groups is 1. The van der Waals surface area contributed by atoms with E-state index in [9.17, 15) is 10.1 Å². The first-order chi connectivity index (χ1) is 15.9. The molecule has 33 heavy (non-hydrogen) atoms. The highest BCUT2D eigenvalue weighted by Gasteiger charge is 2.40. The fourth-order valence-corrected chi connectivity index (χ4v) is 5.57. The maximum absolute atomic E-state index is 13.3. The summed E-state index contributed by atoms with van der Waals surface area (Å²) in [5.41, 5.74) is 3.21. The van der Waals surface area contributed by atoms with Gasteiger partial charge in [0.05, 0.1) is 50.5 Å². The molecule has 0 spiro atoms. The van der Waals surface area contributed by atoms with Gasteiger partial charge in [-0.25, -0.2) is 0 Å². The van der Waals surface area contributed by atoms with Crippen molar-refractivity contribution in [3.05, 3.63) is 57.1 Å². The Bertz CT molecular complexity index is 1180. The third-order valence-corrected chi connectivity index (χ3v) is 7.55. The molecule has 2 aromatic rings. The number of ether oxygens (including phenoxy) is 3. The van der Waals surface area contributed by atoms with Gasteiger partial charge in [-0.15, -0.1) is 0 Å². The summed E-state index contributed by atoms with van der Waals surface area (Å²) in [5, 5.41) is 11.5. The number of nitriles is 1. The van der Waals surface area contributed by atoms with Crippen molar-refractivity contribution in [2.24, 2.45) is 0 Å². The van der Waals surface area contributed by atoms with E-state index in [-0.39, 0.29) is 12.3 Å². The highest BCUT2D eigenvalue weighted by Crippen LogP contribution is 2.48. The second-order valence-electron chi connectivity index (χ2n) is 7.70. The molecule has 1 saturated heterocycles. The van der Waals surface area contributed by atoms with Gasteiger partial charge in [0.1, 0.15) is 5.75 Å². The maximum atomic E-state index is 13.3. The molecule has 0 N–H and O–H groups in total. The summed E-state index contributed by atoms with van der Waals surface area (Å²) in [7, 11) is 4.66. The van der Waals surface area contributed by atoms with Gasteiger partial charge < -0.3 is 19.1 Å². The lowest BCUT2D eigenvalue weighted by Gasteiger charge is -2.42. The summed E-state index contributed by atoms with van der Waals surface area (Å²) in [6.07, 6.45) is 0.154. The number of rotatable bonds is 5. The van der Waals surface area contributed by atoms with Gasteiger partial charge in [-0.3, -0.25) is 9.69 Å². The number of anilines is 1. The molecule has 2 aromatic carbocycles. The summed E-state index contributed by atoms with van der Waals surface area (Å²) in [6, 6.07) is 11.6. The van der Waals surface area contributed by atoms with Crippen LogP contribution in [0.3, 0.4) is 0 Å². The number of benzene rings is 2. The van der Waals surface area contributed by atoms with Crippen molar-refractivity contribution >= 4 is 35.0 Å². The largest absolute Gasteiger partial charge is 0.496 e. The standard InChI is InChI=1S/C24H24ClN3O4S/c1-14-18(25)6-5-7-19(14)27-12-28-23(29)9-15(17(11-26)24(28)33-13-27)16-8-21(31-3)22(32-4)10-20(16)30-2/h5-8,10,15H,9,12-13H2,1-4H3/t15-/m0/s1. The van der Waals surface area contributed by atoms with Crippen LogP contribution in [0.25, 0.3) is 0 Å². The Morgan fingerprint density at radius 1 is 1.12 bits per heavy atom. The highest BCUT2D eigenvalue weighted by molar-refractivity contribution is 8.03. The number of hydrogen-bond acceptors (Lipinski definition) is 7. The summed E-state index contributed by atoms with van der Waals surface area (Å²) in [6.45, 7) is 2.33. The molecule has 0 aliphatic carbocycles. The zero-order valence-electron chi connectivity index (χ0n) is 18.8. The molecule has 1 amide bonds. The normalized spacial score (nSPS) is 18.1. The summed E-state index contributed by atoms with van der Waals surface area (Å²) < 4.78 is 16.4. The second-order valence-corrected chi connectivity index (χ2v) is 9.04. The van der Waals surface area contributed by atoms with Gasteiger partial charge in [0, 0.05) is 34.7 Å². The number of nitrogens with zero attached hydrogens (tertiary/aromatic N) is 3. The molecule has 4 rings (SSSR count). The predicted octanol–water partition coefficient (Wildman–Crippen LogP) is 4.89. The van der Waals surface area contributed by atoms with Crippen LogP contribution in [-0.4, -0.2) is 44.7 Å². The van der Waals surface area contributed by atoms with Gasteiger partial charge in [-0.05, 0) is 30.7 Å². The highest BCUT2D eigenvalue weighted by atomic mass is 35.5. The van der Waals surface area contributed by atoms with Crippen molar-refractivity contribution in [1.82, 2.24) is 4.90 Å². The number of allylic oxidation sites excluding steroid dienone is 1. The molecular formula is C24H24ClN3O4S. The first-order valence-electron chi connectivity index (χ1n) is 10.3. The number of carbonyl (C=O) groups excluding carboxylic acids is 1. The average Bonchev–Trinajstić information content (AvgIpc) is 2.84. The van der Waals surface area contributed by atoms with Crippen LogP contribution in [0.1, 0.15) is 23.5 Å². The van der Waals surface area contributed by atoms with Crippen molar-refractivity contribution in [2.75, 3.05) is 38.8 Å². The molecule has 0 saturated carbocycles. The van der Waals surface area contributed by atoms with Crippen LogP contribution >= 0.6 is 23.4 Å². The Morgan fingerprint density at radius 3 is 2.48 bits per heavy atom. The molecule has 2 aliphatic heterocycles. The van der Waals surface area contributed by atoms with Gasteiger partial charge >= 0.3 is 0 Å². The number of thioether (sulfide) groups is 1. The first-order valence-corrected chi connectivity index (χ1v) is 11.7. The van der Waals surface area contributed by atoms with Gasteiger partial charge in [-0.1, -0.05) is 29.4 Å². The SMILES string of the molecule is COc1cc(OC)c([C@@H]2CC(=O)N3CN(c4cccc(Cl)c4C)CSC3=C2C#N)cc1OC. The van der Waals surface area contributed by atoms with Crippen LogP contribution in [0, 0.1) is 18.3 Å². The van der Waals surface area contributed by atoms with E-state index < -0.39 is 5.92 Å². The molecule has 2 heterocycles. The van der Waals surface area contributed by atoms with E-state index in [0.717, 1.165) is 16.8 Å². The summed E-state index contributed by atoms with van der Waals surface area (Å²) >= 11 is 7.79. The van der Waals surface area contributed by atoms with Crippen LogP contribution in [0.4, 0.5) is 5.69 Å². The van der Waals surface area contributed by atoms with Crippen molar-refractivity contribution < 1.29 is 19.0 Å². The number of fused-ring (bicyclic) bond motifs is 1. The monoisotopic (exact) mass is 485 g/mol. The van der Waals surface area contributed by atoms with E-state index in [1.807, 2.05) is 25.1 Å². The smallest absolute Gasteiger partial charge is 0.229 e. The average molecular weight is 486 g/mol. The minimum absolute atomic E-state index is 0.0530. The molecule has 1 fully saturated rings. The van der Waals surface area contributed by atoms with E-state index in [2.05, 4.69) is 11.0 Å². The van der Waals surface area contributed by atoms with Crippen molar-refractivity contribution in [1.29, 1.82) is 5.26 Å². The minimum atomic E-state index is -0.435. The van der Waals surface area contributed by atoms with E-state index in [1.54, 1.807) is 38.4 Å². The zero-order valence-corrected chi connectivity index (χ0v) is 20.4. The van der Waals surface area contributed by atoms with Gasteiger partial charge in [0.25, 0.3) is 0 Å². The number of halogens is 1. The zero-order chi connectivity index (χ0) is 23.7. The molecule has 9 heteroatoms. The van der Waals surface area contributed by atoms with Gasteiger partial charge in [-0.2, -0.15) is 5.26 Å². The maximum Gasteiger partial charge on any atom is 0.229 e. The molecule has 1 atom stereocenters. The van der Waals surface area contributed by atoms with E-state index in [1.165, 1.54) is 11.8 Å². The summed E-state index contributed by atoms with van der Waals surface area (Å²) in [5.74, 6) is 1.70. The molecule has 7 nitrogen and oxygen atoms in total. The van der Waals surface area contributed by atoms with E-state index >= 15 is 0 Å². The Morgan fingerprint density at radius 2 is 1.82 bits per heavy atom. The molecule has 0 aromatic heterocycles. The minimum Gasteiger partial charge on any atom is -0.496 e. The Hall–Kier alpha value is -3.02. The number of amides is 1. The lowest BCUT2D eigenvalue weighted by atomic mass is 9.85. The molecule has 0 bridgehead atoms. The fraction of sp³-hybridized carbons (Fsp3) is 0.333. The van der Waals surface area contributed by atoms with E-state index in [0.29, 0.717) is 45.4 Å². The van der Waals surface area contributed by atoms with Crippen molar-refractivity contribution in [3.63, 3.8) is 0 Å². The summed E-state index contributed by atoms with van der Waals surface area (Å²) in [4.78, 5) is 17.1. The lowest BCUT2D eigenvalue weighted by molar-refractivity contribution is -0.129. The molecule has 2 aliphatic rings. The Kier molecular flexibility index (Phi) is 6.63. The molecule has 172 valence electrons. The number of hydrogen-bond donors (Lipinski definition) is 0. The Balaban J connectivity index is 1.74. The van der Waals surface area contributed by atoms with Crippen LogP contribution in [0.15, 0.2) is 40.9 Å². The lowest BCUT2D eigenvalue weighted by Crippen LogP contribution is -2.47.